The third-order valence-electron chi connectivity index (χ3n) is 1.77. The van der Waals surface area contributed by atoms with Gasteiger partial charge in [-0.25, -0.2) is 4.79 Å². The highest BCUT2D eigenvalue weighted by molar-refractivity contribution is 5.64. The SMILES string of the molecule is C1#CCCCCCC1.CCOC(N)=O. The summed E-state index contributed by atoms with van der Waals surface area (Å²) in [6.07, 6.45) is 7.01. The number of ether oxygens (including phenoxy) is 1. The summed E-state index contributed by atoms with van der Waals surface area (Å²) in [4.78, 5) is 9.60. The van der Waals surface area contributed by atoms with E-state index in [1.165, 1.54) is 25.7 Å². The topological polar surface area (TPSA) is 52.3 Å². The first kappa shape index (κ1) is 12.8. The van der Waals surface area contributed by atoms with Crippen molar-refractivity contribution in [3.8, 4) is 11.8 Å². The minimum Gasteiger partial charge on any atom is -0.450 e. The van der Waals surface area contributed by atoms with Crippen molar-refractivity contribution in [2.24, 2.45) is 5.73 Å². The summed E-state index contributed by atoms with van der Waals surface area (Å²) < 4.78 is 4.18. The average Bonchev–Trinajstić information content (AvgIpc) is 2.02. The maximum atomic E-state index is 9.60. The second-order valence-corrected chi connectivity index (χ2v) is 3.02. The molecule has 0 radical (unpaired) electrons. The van der Waals surface area contributed by atoms with E-state index in [0.717, 1.165) is 12.8 Å². The molecule has 0 heterocycles. The summed E-state index contributed by atoms with van der Waals surface area (Å²) in [7, 11) is 0. The molecule has 80 valence electrons. The Morgan fingerprint density at radius 2 is 1.71 bits per heavy atom. The Morgan fingerprint density at radius 1 is 1.21 bits per heavy atom. The fourth-order valence-corrected chi connectivity index (χ4v) is 1.10. The molecule has 0 saturated heterocycles. The van der Waals surface area contributed by atoms with E-state index in [0.29, 0.717) is 6.61 Å². The molecule has 0 saturated carbocycles. The Morgan fingerprint density at radius 3 is 2.00 bits per heavy atom. The van der Waals surface area contributed by atoms with Gasteiger partial charge in [0.25, 0.3) is 0 Å². The molecule has 1 aliphatic rings. The maximum absolute atomic E-state index is 9.60. The predicted octanol–water partition coefficient (Wildman–Crippen LogP) is 2.45. The van der Waals surface area contributed by atoms with Gasteiger partial charge in [-0.3, -0.25) is 0 Å². The van der Waals surface area contributed by atoms with Gasteiger partial charge in [-0.15, -0.1) is 11.8 Å². The highest BCUT2D eigenvalue weighted by Crippen LogP contribution is 2.06. The Kier molecular flexibility index (Phi) is 9.09. The summed E-state index contributed by atoms with van der Waals surface area (Å²) in [6.45, 7) is 2.06. The molecular formula is C11H19NO2. The largest absolute Gasteiger partial charge is 0.450 e. The summed E-state index contributed by atoms with van der Waals surface area (Å²) in [6, 6.07) is 0. The number of carbonyl (C=O) groups is 1. The Hall–Kier alpha value is -1.17. The van der Waals surface area contributed by atoms with Crippen LogP contribution in [0.1, 0.15) is 45.4 Å². The molecule has 0 unspecified atom stereocenters. The van der Waals surface area contributed by atoms with Gasteiger partial charge in [0.05, 0.1) is 6.61 Å². The van der Waals surface area contributed by atoms with Crippen LogP contribution in [0.2, 0.25) is 0 Å². The van der Waals surface area contributed by atoms with Crippen LogP contribution in [0.5, 0.6) is 0 Å². The van der Waals surface area contributed by atoms with Crippen LogP contribution >= 0.6 is 0 Å². The van der Waals surface area contributed by atoms with E-state index in [1.54, 1.807) is 6.92 Å². The molecule has 0 aromatic carbocycles. The first-order chi connectivity index (χ1) is 6.77. The number of rotatable bonds is 1. The van der Waals surface area contributed by atoms with E-state index < -0.39 is 6.09 Å². The van der Waals surface area contributed by atoms with Gasteiger partial charge in [0.2, 0.25) is 0 Å². The molecular weight excluding hydrogens is 178 g/mol. The van der Waals surface area contributed by atoms with E-state index in [4.69, 9.17) is 0 Å². The quantitative estimate of drug-likeness (QED) is 0.656. The van der Waals surface area contributed by atoms with Gasteiger partial charge in [0, 0.05) is 12.8 Å². The van der Waals surface area contributed by atoms with Crippen LogP contribution in [-0.2, 0) is 4.74 Å². The first-order valence-electron chi connectivity index (χ1n) is 5.15. The second kappa shape index (κ2) is 9.91. The standard InChI is InChI=1S/C8H12.C3H7NO2/c1-2-4-6-8-7-5-3-1;1-2-6-3(4)5/h1-6H2;2H2,1H3,(H2,4,5). The van der Waals surface area contributed by atoms with Crippen LogP contribution in [0.15, 0.2) is 0 Å². The van der Waals surface area contributed by atoms with Gasteiger partial charge in [0.15, 0.2) is 0 Å². The predicted molar refractivity (Wildman–Crippen MR) is 56.7 cm³/mol. The van der Waals surface area contributed by atoms with E-state index in [-0.39, 0.29) is 0 Å². The Balaban J connectivity index is 0.000000255. The van der Waals surface area contributed by atoms with Crippen molar-refractivity contribution in [1.29, 1.82) is 0 Å². The van der Waals surface area contributed by atoms with E-state index in [1.807, 2.05) is 0 Å². The van der Waals surface area contributed by atoms with Crippen LogP contribution in [0.3, 0.4) is 0 Å². The first-order valence-corrected chi connectivity index (χ1v) is 5.15. The molecule has 14 heavy (non-hydrogen) atoms. The van der Waals surface area contributed by atoms with Crippen molar-refractivity contribution in [3.63, 3.8) is 0 Å². The molecule has 0 fully saturated rings. The van der Waals surface area contributed by atoms with Gasteiger partial charge in [-0.05, 0) is 19.8 Å². The fourth-order valence-electron chi connectivity index (χ4n) is 1.10. The lowest BCUT2D eigenvalue weighted by Gasteiger charge is -1.97. The van der Waals surface area contributed by atoms with E-state index in [2.05, 4.69) is 22.3 Å². The van der Waals surface area contributed by atoms with Crippen LogP contribution in [-0.4, -0.2) is 12.7 Å². The molecule has 1 rings (SSSR count). The summed E-state index contributed by atoms with van der Waals surface area (Å²) in [5.74, 6) is 6.27. The van der Waals surface area contributed by atoms with Gasteiger partial charge < -0.3 is 10.5 Å². The number of carbonyl (C=O) groups excluding carboxylic acids is 1. The average molecular weight is 197 g/mol. The van der Waals surface area contributed by atoms with Crippen LogP contribution < -0.4 is 5.73 Å². The molecule has 0 aliphatic heterocycles. The molecule has 3 nitrogen and oxygen atoms in total. The maximum Gasteiger partial charge on any atom is 0.404 e. The third-order valence-corrected chi connectivity index (χ3v) is 1.77. The fraction of sp³-hybridized carbons (Fsp3) is 0.727. The van der Waals surface area contributed by atoms with Crippen molar-refractivity contribution in [3.05, 3.63) is 0 Å². The lowest BCUT2D eigenvalue weighted by molar-refractivity contribution is 0.163. The van der Waals surface area contributed by atoms with Crippen molar-refractivity contribution in [2.75, 3.05) is 6.61 Å². The van der Waals surface area contributed by atoms with Gasteiger partial charge in [0.1, 0.15) is 0 Å². The molecule has 0 bridgehead atoms. The van der Waals surface area contributed by atoms with Gasteiger partial charge in [-0.1, -0.05) is 12.8 Å². The molecule has 0 aromatic heterocycles. The third kappa shape index (κ3) is 10.8. The van der Waals surface area contributed by atoms with Crippen molar-refractivity contribution < 1.29 is 9.53 Å². The zero-order valence-electron chi connectivity index (χ0n) is 8.84. The number of amides is 1. The minimum absolute atomic E-state index is 0.356. The number of hydrogen-bond acceptors (Lipinski definition) is 2. The monoisotopic (exact) mass is 197 g/mol. The number of nitrogens with two attached hydrogens (primary N) is 1. The van der Waals surface area contributed by atoms with Crippen molar-refractivity contribution >= 4 is 6.09 Å². The lowest BCUT2D eigenvalue weighted by Crippen LogP contribution is -2.11. The Labute approximate surface area is 86.0 Å². The normalized spacial score (nSPS) is 14.6. The molecule has 0 atom stereocenters. The smallest absolute Gasteiger partial charge is 0.404 e. The summed E-state index contributed by atoms with van der Waals surface area (Å²) in [5.41, 5.74) is 4.54. The van der Waals surface area contributed by atoms with Crippen LogP contribution in [0, 0.1) is 11.8 Å². The Bertz CT molecular complexity index is 191. The zero-order chi connectivity index (χ0) is 10.6. The van der Waals surface area contributed by atoms with Crippen LogP contribution in [0.4, 0.5) is 4.79 Å². The highest BCUT2D eigenvalue weighted by Gasteiger charge is 1.89. The molecule has 1 aliphatic carbocycles. The van der Waals surface area contributed by atoms with Crippen molar-refractivity contribution in [1.82, 2.24) is 0 Å². The summed E-state index contributed by atoms with van der Waals surface area (Å²) in [5, 5.41) is 0. The van der Waals surface area contributed by atoms with Gasteiger partial charge in [-0.2, -0.15) is 0 Å². The molecule has 0 spiro atoms. The second-order valence-electron chi connectivity index (χ2n) is 3.02. The number of hydrogen-bond donors (Lipinski definition) is 1. The minimum atomic E-state index is -0.711. The van der Waals surface area contributed by atoms with Crippen LogP contribution in [0.25, 0.3) is 0 Å². The summed E-state index contributed by atoms with van der Waals surface area (Å²) >= 11 is 0. The molecule has 0 aromatic rings. The van der Waals surface area contributed by atoms with E-state index >= 15 is 0 Å². The van der Waals surface area contributed by atoms with Crippen molar-refractivity contribution in [2.45, 2.75) is 45.4 Å². The molecule has 3 heteroatoms. The molecule has 2 N–H and O–H groups in total. The molecule has 1 amide bonds. The zero-order valence-corrected chi connectivity index (χ0v) is 8.84. The highest BCUT2D eigenvalue weighted by atomic mass is 16.5. The van der Waals surface area contributed by atoms with Gasteiger partial charge >= 0.3 is 6.09 Å². The number of primary amides is 1. The van der Waals surface area contributed by atoms with E-state index in [9.17, 15) is 4.79 Å². The lowest BCUT2D eigenvalue weighted by atomic mass is 10.1.